The summed E-state index contributed by atoms with van der Waals surface area (Å²) in [7, 11) is 0. The lowest BCUT2D eigenvalue weighted by molar-refractivity contribution is 0.141. The molecule has 2 N–H and O–H groups in total. The molecular weight excluding hydrogens is 274 g/mol. The molecule has 4 nitrogen and oxygen atoms in total. The lowest BCUT2D eigenvalue weighted by atomic mass is 10.3. The van der Waals surface area contributed by atoms with E-state index in [9.17, 15) is 0 Å². The van der Waals surface area contributed by atoms with Crippen LogP contribution < -0.4 is 5.73 Å². The Kier molecular flexibility index (Phi) is 5.83. The van der Waals surface area contributed by atoms with E-state index in [1.165, 1.54) is 0 Å². The standard InChI is InChI=1S/C15H22ClN3O/c1-2-20-10-4-9-19-14-11-12(16)6-7-13(14)18-15(19)5-3-8-17/h6-7,11H,2-5,8-10,17H2,1H3. The number of nitrogens with zero attached hydrogens (tertiary/aromatic N) is 2. The van der Waals surface area contributed by atoms with Crippen LogP contribution in [-0.4, -0.2) is 29.3 Å². The van der Waals surface area contributed by atoms with Gasteiger partial charge in [-0.2, -0.15) is 0 Å². The zero-order chi connectivity index (χ0) is 14.4. The maximum absolute atomic E-state index is 6.10. The van der Waals surface area contributed by atoms with Gasteiger partial charge < -0.3 is 15.0 Å². The zero-order valence-electron chi connectivity index (χ0n) is 11.9. The largest absolute Gasteiger partial charge is 0.382 e. The molecule has 0 fully saturated rings. The summed E-state index contributed by atoms with van der Waals surface area (Å²) in [6.45, 7) is 5.13. The van der Waals surface area contributed by atoms with Gasteiger partial charge in [0, 0.05) is 31.2 Å². The van der Waals surface area contributed by atoms with E-state index in [1.54, 1.807) is 0 Å². The van der Waals surface area contributed by atoms with Crippen molar-refractivity contribution in [2.75, 3.05) is 19.8 Å². The second-order valence-corrected chi connectivity index (χ2v) is 5.19. The molecule has 0 bridgehead atoms. The highest BCUT2D eigenvalue weighted by Crippen LogP contribution is 2.21. The predicted octanol–water partition coefficient (Wildman–Crippen LogP) is 3.01. The van der Waals surface area contributed by atoms with Crippen LogP contribution in [0.1, 0.15) is 25.6 Å². The van der Waals surface area contributed by atoms with Crippen LogP contribution in [0.15, 0.2) is 18.2 Å². The first-order valence-corrected chi connectivity index (χ1v) is 7.56. The molecule has 20 heavy (non-hydrogen) atoms. The summed E-state index contributed by atoms with van der Waals surface area (Å²) < 4.78 is 7.65. The highest BCUT2D eigenvalue weighted by molar-refractivity contribution is 6.31. The van der Waals surface area contributed by atoms with Crippen LogP contribution in [0.5, 0.6) is 0 Å². The van der Waals surface area contributed by atoms with E-state index in [1.807, 2.05) is 25.1 Å². The molecule has 5 heteroatoms. The van der Waals surface area contributed by atoms with Gasteiger partial charge in [0.2, 0.25) is 0 Å². The van der Waals surface area contributed by atoms with Crippen molar-refractivity contribution in [1.82, 2.24) is 9.55 Å². The Morgan fingerprint density at radius 3 is 2.95 bits per heavy atom. The van der Waals surface area contributed by atoms with Gasteiger partial charge in [-0.3, -0.25) is 0 Å². The maximum Gasteiger partial charge on any atom is 0.109 e. The van der Waals surface area contributed by atoms with Crippen LogP contribution in [0.3, 0.4) is 0 Å². The van der Waals surface area contributed by atoms with Crippen LogP contribution in [0.2, 0.25) is 5.02 Å². The highest BCUT2D eigenvalue weighted by Gasteiger charge is 2.10. The van der Waals surface area contributed by atoms with Crippen LogP contribution in [-0.2, 0) is 17.7 Å². The zero-order valence-corrected chi connectivity index (χ0v) is 12.7. The van der Waals surface area contributed by atoms with Gasteiger partial charge in [0.05, 0.1) is 11.0 Å². The number of imidazole rings is 1. The van der Waals surface area contributed by atoms with Crippen LogP contribution in [0, 0.1) is 0 Å². The number of nitrogens with two attached hydrogens (primary N) is 1. The minimum absolute atomic E-state index is 0.683. The van der Waals surface area contributed by atoms with E-state index >= 15 is 0 Å². The van der Waals surface area contributed by atoms with Crippen molar-refractivity contribution in [2.45, 2.75) is 32.7 Å². The quantitative estimate of drug-likeness (QED) is 0.762. The molecule has 1 aromatic carbocycles. The number of aromatic nitrogens is 2. The van der Waals surface area contributed by atoms with Crippen molar-refractivity contribution in [3.63, 3.8) is 0 Å². The topological polar surface area (TPSA) is 53.1 Å². The molecule has 0 amide bonds. The molecule has 0 aliphatic heterocycles. The Morgan fingerprint density at radius 1 is 1.35 bits per heavy atom. The molecule has 0 spiro atoms. The lowest BCUT2D eigenvalue weighted by Gasteiger charge is -2.09. The van der Waals surface area contributed by atoms with E-state index in [2.05, 4.69) is 4.57 Å². The van der Waals surface area contributed by atoms with Crippen molar-refractivity contribution in [3.05, 3.63) is 29.0 Å². The molecule has 2 aromatic rings. The van der Waals surface area contributed by atoms with Gasteiger partial charge in [-0.25, -0.2) is 4.98 Å². The summed E-state index contributed by atoms with van der Waals surface area (Å²) in [5, 5.41) is 0.744. The summed E-state index contributed by atoms with van der Waals surface area (Å²) in [4.78, 5) is 4.70. The third-order valence-corrected chi connectivity index (χ3v) is 3.50. The second kappa shape index (κ2) is 7.62. The molecule has 110 valence electrons. The fourth-order valence-corrected chi connectivity index (χ4v) is 2.48. The molecule has 1 heterocycles. The minimum Gasteiger partial charge on any atom is -0.382 e. The normalized spacial score (nSPS) is 11.3. The maximum atomic E-state index is 6.10. The lowest BCUT2D eigenvalue weighted by Crippen LogP contribution is -2.09. The Morgan fingerprint density at radius 2 is 2.20 bits per heavy atom. The molecule has 0 saturated carbocycles. The van der Waals surface area contributed by atoms with Gasteiger partial charge >= 0.3 is 0 Å². The molecule has 0 unspecified atom stereocenters. The predicted molar refractivity (Wildman–Crippen MR) is 83.2 cm³/mol. The van der Waals surface area contributed by atoms with Gasteiger partial charge in [-0.1, -0.05) is 11.6 Å². The van der Waals surface area contributed by atoms with Crippen molar-refractivity contribution in [3.8, 4) is 0 Å². The number of hydrogen-bond acceptors (Lipinski definition) is 3. The van der Waals surface area contributed by atoms with E-state index in [-0.39, 0.29) is 0 Å². The SMILES string of the molecule is CCOCCCn1c(CCCN)nc2ccc(Cl)cc21. The summed E-state index contributed by atoms with van der Waals surface area (Å²) in [6, 6.07) is 5.84. The average Bonchev–Trinajstić information content (AvgIpc) is 2.78. The fourth-order valence-electron chi connectivity index (χ4n) is 2.32. The highest BCUT2D eigenvalue weighted by atomic mass is 35.5. The summed E-state index contributed by atoms with van der Waals surface area (Å²) in [5.41, 5.74) is 7.70. The Labute approximate surface area is 124 Å². The first-order chi connectivity index (χ1) is 9.76. The molecular formula is C15H22ClN3O. The number of rotatable bonds is 8. The van der Waals surface area contributed by atoms with Crippen molar-refractivity contribution >= 4 is 22.6 Å². The van der Waals surface area contributed by atoms with Crippen LogP contribution in [0.25, 0.3) is 11.0 Å². The first-order valence-electron chi connectivity index (χ1n) is 7.18. The Balaban J connectivity index is 2.23. The van der Waals surface area contributed by atoms with Gasteiger partial charge in [0.1, 0.15) is 5.82 Å². The van der Waals surface area contributed by atoms with Crippen molar-refractivity contribution in [1.29, 1.82) is 0 Å². The van der Waals surface area contributed by atoms with Crippen molar-refractivity contribution in [2.24, 2.45) is 5.73 Å². The number of ether oxygens (including phenoxy) is 1. The number of benzene rings is 1. The monoisotopic (exact) mass is 295 g/mol. The Hall–Kier alpha value is -1.10. The molecule has 2 rings (SSSR count). The average molecular weight is 296 g/mol. The van der Waals surface area contributed by atoms with Crippen LogP contribution in [0.4, 0.5) is 0 Å². The van der Waals surface area contributed by atoms with E-state index < -0.39 is 0 Å². The Bertz CT molecular complexity index is 553. The first kappa shape index (κ1) is 15.3. The van der Waals surface area contributed by atoms with E-state index in [0.29, 0.717) is 6.54 Å². The summed E-state index contributed by atoms with van der Waals surface area (Å²) in [5.74, 6) is 1.09. The molecule has 0 atom stereocenters. The number of fused-ring (bicyclic) bond motifs is 1. The van der Waals surface area contributed by atoms with Gasteiger partial charge in [-0.15, -0.1) is 0 Å². The van der Waals surface area contributed by atoms with Gasteiger partial charge in [0.25, 0.3) is 0 Å². The van der Waals surface area contributed by atoms with Crippen LogP contribution >= 0.6 is 11.6 Å². The third-order valence-electron chi connectivity index (χ3n) is 3.27. The van der Waals surface area contributed by atoms with E-state index in [4.69, 9.17) is 27.1 Å². The second-order valence-electron chi connectivity index (χ2n) is 4.76. The van der Waals surface area contributed by atoms with E-state index in [0.717, 1.165) is 60.9 Å². The number of halogens is 1. The number of aryl methyl sites for hydroxylation is 2. The van der Waals surface area contributed by atoms with Gasteiger partial charge in [0.15, 0.2) is 0 Å². The molecule has 1 aromatic heterocycles. The fraction of sp³-hybridized carbons (Fsp3) is 0.533. The molecule has 0 saturated heterocycles. The molecule has 0 radical (unpaired) electrons. The minimum atomic E-state index is 0.683. The van der Waals surface area contributed by atoms with Gasteiger partial charge in [-0.05, 0) is 44.5 Å². The smallest absolute Gasteiger partial charge is 0.109 e. The summed E-state index contributed by atoms with van der Waals surface area (Å²) >= 11 is 6.10. The molecule has 0 aliphatic rings. The third kappa shape index (κ3) is 3.72. The molecule has 0 aliphatic carbocycles. The number of hydrogen-bond donors (Lipinski definition) is 1. The van der Waals surface area contributed by atoms with Crippen molar-refractivity contribution < 1.29 is 4.74 Å². The summed E-state index contributed by atoms with van der Waals surface area (Å²) in [6.07, 6.45) is 2.82.